The minimum Gasteiger partial charge on any atom is -0.392 e. The molecule has 0 spiro atoms. The lowest BCUT2D eigenvalue weighted by molar-refractivity contribution is -0.137. The van der Waals surface area contributed by atoms with Gasteiger partial charge in [-0.1, -0.05) is 35.9 Å². The summed E-state index contributed by atoms with van der Waals surface area (Å²) in [6.45, 7) is 0.563. The van der Waals surface area contributed by atoms with Crippen LogP contribution in [0.5, 0.6) is 0 Å². The van der Waals surface area contributed by atoms with Gasteiger partial charge in [-0.25, -0.2) is 0 Å². The molecule has 0 heterocycles. The Hall–Kier alpha value is -1.56. The Morgan fingerprint density at radius 1 is 0.955 bits per heavy atom. The van der Waals surface area contributed by atoms with Crippen molar-refractivity contribution in [3.05, 3.63) is 69.7 Å². The number of rotatable bonds is 5. The Balaban J connectivity index is 2.05. The van der Waals surface area contributed by atoms with Gasteiger partial charge < -0.3 is 10.4 Å². The first-order chi connectivity index (χ1) is 10.4. The summed E-state index contributed by atoms with van der Waals surface area (Å²) in [5.41, 5.74) is 1.35. The third kappa shape index (κ3) is 4.22. The highest BCUT2D eigenvalue weighted by Crippen LogP contribution is 2.31. The van der Waals surface area contributed by atoms with Crippen molar-refractivity contribution in [1.82, 2.24) is 5.32 Å². The third-order valence-electron chi connectivity index (χ3n) is 3.29. The molecule has 0 aliphatic rings. The zero-order valence-corrected chi connectivity index (χ0v) is 12.4. The fourth-order valence-corrected chi connectivity index (χ4v) is 2.29. The summed E-state index contributed by atoms with van der Waals surface area (Å²) in [6, 6.07) is 10.6. The molecule has 2 aromatic rings. The SMILES string of the molecule is OCc1ccccc1CNCc1cc(C(F)(F)F)ccc1Cl. The summed E-state index contributed by atoms with van der Waals surface area (Å²) in [5.74, 6) is 0. The van der Waals surface area contributed by atoms with Crippen molar-refractivity contribution in [2.45, 2.75) is 25.9 Å². The summed E-state index contributed by atoms with van der Waals surface area (Å²) < 4.78 is 38.1. The first-order valence-corrected chi connectivity index (χ1v) is 7.03. The van der Waals surface area contributed by atoms with E-state index in [0.29, 0.717) is 12.1 Å². The summed E-state index contributed by atoms with van der Waals surface area (Å²) in [7, 11) is 0. The van der Waals surface area contributed by atoms with E-state index in [1.165, 1.54) is 6.07 Å². The van der Waals surface area contributed by atoms with E-state index in [-0.39, 0.29) is 18.2 Å². The lowest BCUT2D eigenvalue weighted by atomic mass is 10.1. The lowest BCUT2D eigenvalue weighted by Crippen LogP contribution is -2.15. The Labute approximate surface area is 131 Å². The average Bonchev–Trinajstić information content (AvgIpc) is 2.48. The lowest BCUT2D eigenvalue weighted by Gasteiger charge is -2.12. The predicted molar refractivity (Wildman–Crippen MR) is 79.4 cm³/mol. The number of alkyl halides is 3. The van der Waals surface area contributed by atoms with Crippen molar-refractivity contribution >= 4 is 11.6 Å². The number of nitrogens with one attached hydrogen (secondary N) is 1. The average molecular weight is 330 g/mol. The van der Waals surface area contributed by atoms with Gasteiger partial charge >= 0.3 is 6.18 Å². The van der Waals surface area contributed by atoms with E-state index in [2.05, 4.69) is 5.32 Å². The molecule has 2 nitrogen and oxygen atoms in total. The molecule has 2 N–H and O–H groups in total. The van der Waals surface area contributed by atoms with Crippen molar-refractivity contribution in [2.24, 2.45) is 0 Å². The van der Waals surface area contributed by atoms with Crippen LogP contribution in [0.25, 0.3) is 0 Å². The van der Waals surface area contributed by atoms with Crippen LogP contribution >= 0.6 is 11.6 Å². The van der Waals surface area contributed by atoms with Crippen molar-refractivity contribution < 1.29 is 18.3 Å². The van der Waals surface area contributed by atoms with Crippen LogP contribution in [0.3, 0.4) is 0 Å². The zero-order valence-electron chi connectivity index (χ0n) is 11.6. The molecular weight excluding hydrogens is 315 g/mol. The van der Waals surface area contributed by atoms with Gasteiger partial charge in [0.25, 0.3) is 0 Å². The van der Waals surface area contributed by atoms with Crippen molar-refractivity contribution in [2.75, 3.05) is 0 Å². The molecule has 118 valence electrons. The number of halogens is 4. The molecule has 2 aromatic carbocycles. The van der Waals surface area contributed by atoms with Crippen LogP contribution in [0, 0.1) is 0 Å². The smallest absolute Gasteiger partial charge is 0.392 e. The molecule has 0 unspecified atom stereocenters. The summed E-state index contributed by atoms with van der Waals surface area (Å²) in [5, 5.41) is 12.6. The molecule has 0 aromatic heterocycles. The van der Waals surface area contributed by atoms with Gasteiger partial charge in [0.1, 0.15) is 0 Å². The third-order valence-corrected chi connectivity index (χ3v) is 3.66. The minimum absolute atomic E-state index is 0.0812. The molecule has 0 bridgehead atoms. The standard InChI is InChI=1S/C16H15ClF3NO/c17-15-6-5-14(16(18,19)20)7-13(15)9-21-8-11-3-1-2-4-12(11)10-22/h1-7,21-22H,8-10H2. The van der Waals surface area contributed by atoms with E-state index in [1.807, 2.05) is 18.2 Å². The van der Waals surface area contributed by atoms with E-state index in [4.69, 9.17) is 11.6 Å². The molecule has 22 heavy (non-hydrogen) atoms. The van der Waals surface area contributed by atoms with Gasteiger partial charge in [-0.2, -0.15) is 13.2 Å². The zero-order chi connectivity index (χ0) is 16.2. The van der Waals surface area contributed by atoms with Crippen LogP contribution in [-0.2, 0) is 25.9 Å². The largest absolute Gasteiger partial charge is 0.416 e. The van der Waals surface area contributed by atoms with Crippen molar-refractivity contribution in [3.63, 3.8) is 0 Å². The number of benzene rings is 2. The Morgan fingerprint density at radius 2 is 1.59 bits per heavy atom. The summed E-state index contributed by atoms with van der Waals surface area (Å²) >= 11 is 5.94. The van der Waals surface area contributed by atoms with Gasteiger partial charge in [0.15, 0.2) is 0 Å². The van der Waals surface area contributed by atoms with Crippen LogP contribution in [0.15, 0.2) is 42.5 Å². The fourth-order valence-electron chi connectivity index (χ4n) is 2.10. The summed E-state index contributed by atoms with van der Waals surface area (Å²) in [4.78, 5) is 0. The second-order valence-corrected chi connectivity index (χ2v) is 5.24. The monoisotopic (exact) mass is 329 g/mol. The van der Waals surface area contributed by atoms with Crippen LogP contribution in [-0.4, -0.2) is 5.11 Å². The molecule has 6 heteroatoms. The maximum atomic E-state index is 12.7. The predicted octanol–water partition coefficient (Wildman–Crippen LogP) is 4.14. The Morgan fingerprint density at radius 3 is 2.23 bits per heavy atom. The second kappa shape index (κ2) is 7.13. The molecule has 0 amide bonds. The maximum absolute atomic E-state index is 12.7. The van der Waals surface area contributed by atoms with Gasteiger partial charge in [0, 0.05) is 18.1 Å². The van der Waals surface area contributed by atoms with E-state index in [0.717, 1.165) is 23.3 Å². The van der Waals surface area contributed by atoms with Crippen molar-refractivity contribution in [3.8, 4) is 0 Å². The topological polar surface area (TPSA) is 32.3 Å². The van der Waals surface area contributed by atoms with Gasteiger partial charge in [-0.05, 0) is 34.9 Å². The molecule has 0 atom stereocenters. The number of hydrogen-bond donors (Lipinski definition) is 2. The highest BCUT2D eigenvalue weighted by molar-refractivity contribution is 6.31. The van der Waals surface area contributed by atoms with Gasteiger partial charge in [0.05, 0.1) is 12.2 Å². The molecule has 2 rings (SSSR count). The summed E-state index contributed by atoms with van der Waals surface area (Å²) in [6.07, 6.45) is -4.39. The van der Waals surface area contributed by atoms with Gasteiger partial charge in [0.2, 0.25) is 0 Å². The minimum atomic E-state index is -4.39. The number of aliphatic hydroxyl groups is 1. The van der Waals surface area contributed by atoms with Crippen LogP contribution in [0.1, 0.15) is 22.3 Å². The van der Waals surface area contributed by atoms with Crippen LogP contribution in [0.4, 0.5) is 13.2 Å². The molecular formula is C16H15ClF3NO. The Kier molecular flexibility index (Phi) is 5.45. The normalized spacial score (nSPS) is 11.7. The van der Waals surface area contributed by atoms with E-state index in [1.54, 1.807) is 6.07 Å². The highest BCUT2D eigenvalue weighted by atomic mass is 35.5. The van der Waals surface area contributed by atoms with E-state index in [9.17, 15) is 18.3 Å². The van der Waals surface area contributed by atoms with E-state index < -0.39 is 11.7 Å². The molecule has 0 saturated heterocycles. The van der Waals surface area contributed by atoms with E-state index >= 15 is 0 Å². The first kappa shape index (κ1) is 16.8. The van der Waals surface area contributed by atoms with Crippen LogP contribution < -0.4 is 5.32 Å². The molecule has 0 aliphatic carbocycles. The second-order valence-electron chi connectivity index (χ2n) is 4.83. The maximum Gasteiger partial charge on any atom is 0.416 e. The first-order valence-electron chi connectivity index (χ1n) is 6.66. The quantitative estimate of drug-likeness (QED) is 0.864. The van der Waals surface area contributed by atoms with Crippen LogP contribution in [0.2, 0.25) is 5.02 Å². The van der Waals surface area contributed by atoms with Crippen molar-refractivity contribution in [1.29, 1.82) is 0 Å². The Bertz CT molecular complexity index is 644. The molecule has 0 aliphatic heterocycles. The molecule has 0 saturated carbocycles. The molecule has 0 radical (unpaired) electrons. The fraction of sp³-hybridized carbons (Fsp3) is 0.250. The van der Waals surface area contributed by atoms with Gasteiger partial charge in [-0.3, -0.25) is 0 Å². The van der Waals surface area contributed by atoms with Gasteiger partial charge in [-0.15, -0.1) is 0 Å². The highest BCUT2D eigenvalue weighted by Gasteiger charge is 2.30. The number of hydrogen-bond acceptors (Lipinski definition) is 2. The molecule has 0 fully saturated rings. The number of aliphatic hydroxyl groups excluding tert-OH is 1.